The summed E-state index contributed by atoms with van der Waals surface area (Å²) in [6.45, 7) is 2.18. The monoisotopic (exact) mass is 348 g/mol. The summed E-state index contributed by atoms with van der Waals surface area (Å²) in [6, 6.07) is 12.3. The maximum absolute atomic E-state index is 10.2. The van der Waals surface area contributed by atoms with Crippen molar-refractivity contribution in [3.8, 4) is 17.0 Å². The fourth-order valence-electron chi connectivity index (χ4n) is 4.34. The first kappa shape index (κ1) is 15.8. The van der Waals surface area contributed by atoms with E-state index >= 15 is 0 Å². The molecule has 1 saturated heterocycles. The lowest BCUT2D eigenvalue weighted by atomic mass is 9.90. The van der Waals surface area contributed by atoms with E-state index in [0.717, 1.165) is 35.4 Å². The van der Waals surface area contributed by atoms with Gasteiger partial charge in [0.05, 0.1) is 11.2 Å². The summed E-state index contributed by atoms with van der Waals surface area (Å²) in [5.41, 5.74) is 5.05. The molecule has 5 heteroatoms. The highest BCUT2D eigenvalue weighted by Crippen LogP contribution is 2.40. The number of nitrogens with one attached hydrogen (secondary N) is 1. The zero-order chi connectivity index (χ0) is 17.5. The number of para-hydroxylation sites is 1. The molecule has 1 aromatic carbocycles. The molecule has 134 valence electrons. The topological polar surface area (TPSA) is 63.0 Å². The number of piperidine rings is 1. The fraction of sp³-hybridized carbons (Fsp3) is 0.429. The molecular formula is C21H24N4O. The molecule has 0 radical (unpaired) electrons. The Morgan fingerprint density at radius 3 is 2.54 bits per heavy atom. The van der Waals surface area contributed by atoms with Crippen LogP contribution >= 0.6 is 0 Å². The van der Waals surface area contributed by atoms with E-state index in [2.05, 4.69) is 32.2 Å². The molecule has 2 aromatic heterocycles. The number of aromatic nitrogens is 3. The van der Waals surface area contributed by atoms with Crippen molar-refractivity contribution in [3.05, 3.63) is 42.1 Å². The number of benzene rings is 1. The minimum Gasteiger partial charge on any atom is -0.507 e. The van der Waals surface area contributed by atoms with Gasteiger partial charge < -0.3 is 15.0 Å². The number of nitrogens with zero attached hydrogens (tertiary/aromatic N) is 3. The average Bonchev–Trinajstić information content (AvgIpc) is 3.00. The van der Waals surface area contributed by atoms with Crippen molar-refractivity contribution < 1.29 is 5.11 Å². The van der Waals surface area contributed by atoms with Crippen LogP contribution in [0.5, 0.6) is 5.75 Å². The Morgan fingerprint density at radius 1 is 1.00 bits per heavy atom. The van der Waals surface area contributed by atoms with Gasteiger partial charge in [-0.05, 0) is 69.5 Å². The first-order chi connectivity index (χ1) is 12.8. The van der Waals surface area contributed by atoms with Gasteiger partial charge in [0.15, 0.2) is 0 Å². The predicted octanol–water partition coefficient (Wildman–Crippen LogP) is 4.00. The Morgan fingerprint density at radius 2 is 1.81 bits per heavy atom. The molecular weight excluding hydrogens is 324 g/mol. The second kappa shape index (κ2) is 6.40. The van der Waals surface area contributed by atoms with E-state index in [4.69, 9.17) is 0 Å². The minimum absolute atomic E-state index is 0.251. The van der Waals surface area contributed by atoms with Crippen LogP contribution in [0.1, 0.15) is 49.8 Å². The highest BCUT2D eigenvalue weighted by Gasteiger charge is 2.28. The Balaban J connectivity index is 1.66. The van der Waals surface area contributed by atoms with Gasteiger partial charge in [-0.1, -0.05) is 12.1 Å². The van der Waals surface area contributed by atoms with E-state index in [0.29, 0.717) is 12.0 Å². The van der Waals surface area contributed by atoms with Gasteiger partial charge in [-0.2, -0.15) is 0 Å². The molecule has 1 saturated carbocycles. The second-order valence-corrected chi connectivity index (χ2v) is 7.57. The molecule has 2 N–H and O–H groups in total. The summed E-state index contributed by atoms with van der Waals surface area (Å²) < 4.78 is 2.53. The van der Waals surface area contributed by atoms with Crippen LogP contribution in [0.15, 0.2) is 36.4 Å². The number of phenolic OH excluding ortho intramolecular Hbond substituents is 1. The summed E-state index contributed by atoms with van der Waals surface area (Å²) >= 11 is 0. The summed E-state index contributed by atoms with van der Waals surface area (Å²) in [5, 5.41) is 22.6. The third kappa shape index (κ3) is 2.58. The van der Waals surface area contributed by atoms with Crippen LogP contribution in [-0.2, 0) is 0 Å². The average molecular weight is 348 g/mol. The molecule has 0 unspecified atom stereocenters. The summed E-state index contributed by atoms with van der Waals surface area (Å²) in [5.74, 6) is 0.848. The molecule has 0 amide bonds. The second-order valence-electron chi connectivity index (χ2n) is 7.57. The fourth-order valence-corrected chi connectivity index (χ4v) is 4.34. The standard InChI is InChI=1S/C21H24N4O/c26-21-7-2-1-6-16(21)17-12-20-18(24-23-17)13-19(14-8-10-22-11-9-14)25(20)15-4-3-5-15/h1-2,6-7,12-15,22,26H,3-5,8-11H2. The molecule has 3 heterocycles. The van der Waals surface area contributed by atoms with Crippen molar-refractivity contribution in [2.24, 2.45) is 0 Å². The van der Waals surface area contributed by atoms with Gasteiger partial charge >= 0.3 is 0 Å². The van der Waals surface area contributed by atoms with E-state index in [9.17, 15) is 5.11 Å². The zero-order valence-electron chi connectivity index (χ0n) is 14.9. The molecule has 3 aromatic rings. The Labute approximate surface area is 153 Å². The lowest BCUT2D eigenvalue weighted by Gasteiger charge is -2.33. The Bertz CT molecular complexity index is 938. The highest BCUT2D eigenvalue weighted by atomic mass is 16.3. The first-order valence-electron chi connectivity index (χ1n) is 9.69. The van der Waals surface area contributed by atoms with Gasteiger partial charge in [0.2, 0.25) is 0 Å². The van der Waals surface area contributed by atoms with E-state index < -0.39 is 0 Å². The highest BCUT2D eigenvalue weighted by molar-refractivity contribution is 5.82. The third-order valence-corrected chi connectivity index (χ3v) is 6.00. The van der Waals surface area contributed by atoms with Crippen molar-refractivity contribution in [2.75, 3.05) is 13.1 Å². The van der Waals surface area contributed by atoms with Crippen molar-refractivity contribution in [3.63, 3.8) is 0 Å². The molecule has 1 aliphatic carbocycles. The molecule has 1 aliphatic heterocycles. The van der Waals surface area contributed by atoms with Crippen molar-refractivity contribution in [1.29, 1.82) is 0 Å². The largest absolute Gasteiger partial charge is 0.507 e. The van der Waals surface area contributed by atoms with Gasteiger partial charge in [0.1, 0.15) is 11.3 Å². The lowest BCUT2D eigenvalue weighted by Crippen LogP contribution is -2.29. The molecule has 5 nitrogen and oxygen atoms in total. The molecule has 0 spiro atoms. The Hall–Kier alpha value is -2.40. The number of rotatable bonds is 3. The van der Waals surface area contributed by atoms with Crippen LogP contribution in [-0.4, -0.2) is 33.0 Å². The summed E-state index contributed by atoms with van der Waals surface area (Å²) in [6.07, 6.45) is 6.17. The van der Waals surface area contributed by atoms with Crippen LogP contribution in [0.4, 0.5) is 0 Å². The van der Waals surface area contributed by atoms with Crippen LogP contribution in [0.3, 0.4) is 0 Å². The molecule has 0 atom stereocenters. The Kier molecular flexibility index (Phi) is 3.89. The first-order valence-corrected chi connectivity index (χ1v) is 9.69. The molecule has 5 rings (SSSR count). The van der Waals surface area contributed by atoms with Gasteiger partial charge in [-0.15, -0.1) is 10.2 Å². The van der Waals surface area contributed by atoms with E-state index in [1.54, 1.807) is 6.07 Å². The van der Waals surface area contributed by atoms with Crippen LogP contribution in [0, 0.1) is 0 Å². The summed E-state index contributed by atoms with van der Waals surface area (Å²) in [4.78, 5) is 0. The minimum atomic E-state index is 0.251. The smallest absolute Gasteiger partial charge is 0.125 e. The normalized spacial score (nSPS) is 18.9. The van der Waals surface area contributed by atoms with Gasteiger partial charge in [0.25, 0.3) is 0 Å². The van der Waals surface area contributed by atoms with Crippen LogP contribution < -0.4 is 5.32 Å². The maximum Gasteiger partial charge on any atom is 0.125 e. The van der Waals surface area contributed by atoms with Crippen LogP contribution in [0.2, 0.25) is 0 Å². The number of hydrogen-bond acceptors (Lipinski definition) is 4. The van der Waals surface area contributed by atoms with Crippen LogP contribution in [0.25, 0.3) is 22.3 Å². The molecule has 2 aliphatic rings. The lowest BCUT2D eigenvalue weighted by molar-refractivity contribution is 0.304. The number of hydrogen-bond donors (Lipinski definition) is 2. The maximum atomic E-state index is 10.2. The third-order valence-electron chi connectivity index (χ3n) is 6.00. The zero-order valence-corrected chi connectivity index (χ0v) is 14.9. The van der Waals surface area contributed by atoms with Crippen molar-refractivity contribution in [1.82, 2.24) is 20.1 Å². The molecule has 2 fully saturated rings. The van der Waals surface area contributed by atoms with E-state index in [1.165, 1.54) is 37.8 Å². The summed E-state index contributed by atoms with van der Waals surface area (Å²) in [7, 11) is 0. The molecule has 26 heavy (non-hydrogen) atoms. The van der Waals surface area contributed by atoms with Crippen molar-refractivity contribution >= 4 is 11.0 Å². The SMILES string of the molecule is Oc1ccccc1-c1cc2c(cc(C3CCNCC3)n2C2CCC2)nn1. The van der Waals surface area contributed by atoms with Gasteiger partial charge in [-0.25, -0.2) is 0 Å². The van der Waals surface area contributed by atoms with E-state index in [1.807, 2.05) is 18.2 Å². The number of fused-ring (bicyclic) bond motifs is 1. The quantitative estimate of drug-likeness (QED) is 0.751. The predicted molar refractivity (Wildman–Crippen MR) is 102 cm³/mol. The van der Waals surface area contributed by atoms with Crippen molar-refractivity contribution in [2.45, 2.75) is 44.1 Å². The van der Waals surface area contributed by atoms with E-state index in [-0.39, 0.29) is 5.75 Å². The number of aromatic hydroxyl groups is 1. The number of phenols is 1. The van der Waals surface area contributed by atoms with Gasteiger partial charge in [0, 0.05) is 23.2 Å². The molecule has 0 bridgehead atoms. The van der Waals surface area contributed by atoms with Gasteiger partial charge in [-0.3, -0.25) is 0 Å².